The standard InChI is InChI=1S/C30H26FN7/c31-22-6-4-5-20(10-22)25-15-33-16-28-23(25)11-27(35-28)30-24-12-26(34-17-29(24)36-37-30)21-9-19(13-32-14-21)18-38-7-2-1-3-8-38/h4-6,9-17,35H,1-3,7-8,18H2,(H,36,37). The molecule has 0 spiro atoms. The van der Waals surface area contributed by atoms with E-state index in [1.807, 2.05) is 30.7 Å². The van der Waals surface area contributed by atoms with Gasteiger partial charge in [-0.2, -0.15) is 5.10 Å². The lowest BCUT2D eigenvalue weighted by Gasteiger charge is -2.26. The van der Waals surface area contributed by atoms with E-state index in [9.17, 15) is 4.39 Å². The summed E-state index contributed by atoms with van der Waals surface area (Å²) in [6.07, 6.45) is 13.0. The van der Waals surface area contributed by atoms with Gasteiger partial charge in [0.05, 0.1) is 34.8 Å². The van der Waals surface area contributed by atoms with Crippen LogP contribution in [0, 0.1) is 5.82 Å². The fraction of sp³-hybridized carbons (Fsp3) is 0.200. The third kappa shape index (κ3) is 4.22. The van der Waals surface area contributed by atoms with Crippen molar-refractivity contribution in [3.05, 3.63) is 84.8 Å². The zero-order chi connectivity index (χ0) is 25.5. The minimum absolute atomic E-state index is 0.275. The molecule has 0 aliphatic carbocycles. The topological polar surface area (TPSA) is 86.4 Å². The quantitative estimate of drug-likeness (QED) is 0.286. The Morgan fingerprint density at radius 3 is 2.61 bits per heavy atom. The van der Waals surface area contributed by atoms with Gasteiger partial charge in [0.15, 0.2) is 0 Å². The van der Waals surface area contributed by atoms with Gasteiger partial charge in [-0.15, -0.1) is 0 Å². The number of piperidine rings is 1. The molecule has 1 aliphatic rings. The van der Waals surface area contributed by atoms with E-state index < -0.39 is 0 Å². The average molecular weight is 504 g/mol. The third-order valence-electron chi connectivity index (χ3n) is 7.33. The molecule has 1 aliphatic heterocycles. The van der Waals surface area contributed by atoms with Crippen LogP contribution >= 0.6 is 0 Å². The van der Waals surface area contributed by atoms with E-state index in [1.165, 1.54) is 37.0 Å². The summed E-state index contributed by atoms with van der Waals surface area (Å²) in [7, 11) is 0. The number of fused-ring (bicyclic) bond motifs is 2. The molecule has 0 bridgehead atoms. The van der Waals surface area contributed by atoms with E-state index in [0.717, 1.165) is 75.2 Å². The summed E-state index contributed by atoms with van der Waals surface area (Å²) >= 11 is 0. The van der Waals surface area contributed by atoms with Gasteiger partial charge >= 0.3 is 0 Å². The molecule has 7 rings (SSSR count). The average Bonchev–Trinajstić information content (AvgIpc) is 3.57. The summed E-state index contributed by atoms with van der Waals surface area (Å²) in [5.41, 5.74) is 8.05. The van der Waals surface area contributed by atoms with Crippen LogP contribution in [-0.4, -0.2) is 48.1 Å². The van der Waals surface area contributed by atoms with Gasteiger partial charge in [-0.1, -0.05) is 18.6 Å². The van der Waals surface area contributed by atoms with E-state index in [1.54, 1.807) is 18.5 Å². The van der Waals surface area contributed by atoms with Crippen LogP contribution in [0.1, 0.15) is 24.8 Å². The first-order chi connectivity index (χ1) is 18.7. The Labute approximate surface area is 218 Å². The smallest absolute Gasteiger partial charge is 0.123 e. The van der Waals surface area contributed by atoms with Gasteiger partial charge < -0.3 is 4.98 Å². The number of aromatic nitrogens is 6. The maximum atomic E-state index is 13.9. The number of rotatable bonds is 5. The highest BCUT2D eigenvalue weighted by Gasteiger charge is 2.16. The molecule has 5 aromatic heterocycles. The van der Waals surface area contributed by atoms with Crippen molar-refractivity contribution in [2.45, 2.75) is 25.8 Å². The number of nitrogens with one attached hydrogen (secondary N) is 2. The molecule has 0 saturated carbocycles. The molecule has 1 aromatic carbocycles. The van der Waals surface area contributed by atoms with Crippen molar-refractivity contribution < 1.29 is 4.39 Å². The molecule has 38 heavy (non-hydrogen) atoms. The normalized spacial score (nSPS) is 14.4. The van der Waals surface area contributed by atoms with Gasteiger partial charge in [-0.25, -0.2) is 4.39 Å². The molecule has 1 fully saturated rings. The van der Waals surface area contributed by atoms with Crippen LogP contribution in [0.25, 0.3) is 55.6 Å². The highest BCUT2D eigenvalue weighted by atomic mass is 19.1. The van der Waals surface area contributed by atoms with Crippen LogP contribution in [-0.2, 0) is 6.54 Å². The second-order valence-corrected chi connectivity index (χ2v) is 9.95. The Balaban J connectivity index is 1.26. The van der Waals surface area contributed by atoms with Gasteiger partial charge in [0.25, 0.3) is 0 Å². The van der Waals surface area contributed by atoms with Crippen molar-refractivity contribution >= 4 is 21.8 Å². The summed E-state index contributed by atoms with van der Waals surface area (Å²) in [5.74, 6) is -0.275. The first-order valence-corrected chi connectivity index (χ1v) is 12.9. The Bertz CT molecular complexity index is 1760. The van der Waals surface area contributed by atoms with Crippen LogP contribution in [0.15, 0.2) is 73.4 Å². The largest absolute Gasteiger partial charge is 0.352 e. The monoisotopic (exact) mass is 503 g/mol. The highest BCUT2D eigenvalue weighted by molar-refractivity contribution is 6.01. The van der Waals surface area contributed by atoms with Gasteiger partial charge in [-0.3, -0.25) is 25.0 Å². The van der Waals surface area contributed by atoms with Crippen molar-refractivity contribution in [2.24, 2.45) is 0 Å². The Hall–Kier alpha value is -4.43. The summed E-state index contributed by atoms with van der Waals surface area (Å²) in [5, 5.41) is 9.64. The van der Waals surface area contributed by atoms with E-state index in [4.69, 9.17) is 4.98 Å². The first kappa shape index (κ1) is 22.7. The van der Waals surface area contributed by atoms with E-state index in [0.29, 0.717) is 0 Å². The van der Waals surface area contributed by atoms with Crippen LogP contribution in [0.3, 0.4) is 0 Å². The van der Waals surface area contributed by atoms with Crippen LogP contribution in [0.4, 0.5) is 4.39 Å². The molecule has 0 amide bonds. The number of benzene rings is 1. The predicted molar refractivity (Wildman–Crippen MR) is 147 cm³/mol. The number of nitrogens with zero attached hydrogens (tertiary/aromatic N) is 5. The molecular formula is C30H26FN7. The third-order valence-corrected chi connectivity index (χ3v) is 7.33. The molecule has 8 heteroatoms. The Morgan fingerprint density at radius 1 is 0.816 bits per heavy atom. The molecule has 0 atom stereocenters. The van der Waals surface area contributed by atoms with Crippen molar-refractivity contribution in [3.63, 3.8) is 0 Å². The summed E-state index contributed by atoms with van der Waals surface area (Å²) in [4.78, 5) is 19.5. The van der Waals surface area contributed by atoms with Crippen molar-refractivity contribution in [1.82, 2.24) is 35.0 Å². The van der Waals surface area contributed by atoms with Crippen LogP contribution in [0.5, 0.6) is 0 Å². The zero-order valence-electron chi connectivity index (χ0n) is 20.8. The number of hydrogen-bond acceptors (Lipinski definition) is 5. The molecular weight excluding hydrogens is 477 g/mol. The minimum atomic E-state index is -0.275. The van der Waals surface area contributed by atoms with E-state index in [2.05, 4.69) is 42.2 Å². The second kappa shape index (κ2) is 9.46. The maximum absolute atomic E-state index is 13.9. The zero-order valence-corrected chi connectivity index (χ0v) is 20.8. The van der Waals surface area contributed by atoms with Crippen molar-refractivity contribution in [1.29, 1.82) is 0 Å². The second-order valence-electron chi connectivity index (χ2n) is 9.95. The predicted octanol–water partition coefficient (Wildman–Crippen LogP) is 6.36. The molecule has 0 unspecified atom stereocenters. The summed E-state index contributed by atoms with van der Waals surface area (Å²) in [6.45, 7) is 3.21. The number of pyridine rings is 3. The van der Waals surface area contributed by atoms with Crippen LogP contribution in [0.2, 0.25) is 0 Å². The number of H-pyrrole nitrogens is 2. The lowest BCUT2D eigenvalue weighted by Crippen LogP contribution is -2.29. The van der Waals surface area contributed by atoms with Gasteiger partial charge in [-0.05, 0) is 67.4 Å². The fourth-order valence-electron chi connectivity index (χ4n) is 5.43. The highest BCUT2D eigenvalue weighted by Crippen LogP contribution is 2.34. The number of halogens is 1. The minimum Gasteiger partial charge on any atom is -0.352 e. The van der Waals surface area contributed by atoms with Crippen LogP contribution < -0.4 is 0 Å². The SMILES string of the molecule is Fc1cccc(-c2cncc3[nH]c(-c4n[nH]c5cnc(-c6cncc(CN7CCCCC7)c6)cc45)cc23)c1. The fourth-order valence-corrected chi connectivity index (χ4v) is 5.43. The Morgan fingerprint density at radius 2 is 1.71 bits per heavy atom. The molecule has 1 saturated heterocycles. The molecule has 2 N–H and O–H groups in total. The summed E-state index contributed by atoms with van der Waals surface area (Å²) in [6, 6.07) is 12.9. The van der Waals surface area contributed by atoms with Crippen molar-refractivity contribution in [3.8, 4) is 33.8 Å². The number of likely N-dealkylation sites (tertiary alicyclic amines) is 1. The molecule has 7 nitrogen and oxygen atoms in total. The lowest BCUT2D eigenvalue weighted by molar-refractivity contribution is 0.220. The van der Waals surface area contributed by atoms with Gasteiger partial charge in [0.2, 0.25) is 0 Å². The Kier molecular flexibility index (Phi) is 5.66. The number of hydrogen-bond donors (Lipinski definition) is 2. The molecule has 0 radical (unpaired) electrons. The first-order valence-electron chi connectivity index (χ1n) is 12.9. The van der Waals surface area contributed by atoms with E-state index >= 15 is 0 Å². The lowest BCUT2D eigenvalue weighted by atomic mass is 10.0. The molecule has 188 valence electrons. The number of aromatic amines is 2. The molecule has 6 heterocycles. The molecule has 6 aromatic rings. The van der Waals surface area contributed by atoms with Crippen molar-refractivity contribution in [2.75, 3.05) is 13.1 Å². The van der Waals surface area contributed by atoms with Gasteiger partial charge in [0, 0.05) is 47.0 Å². The van der Waals surface area contributed by atoms with E-state index in [-0.39, 0.29) is 5.82 Å². The summed E-state index contributed by atoms with van der Waals surface area (Å²) < 4.78 is 13.9. The van der Waals surface area contributed by atoms with Gasteiger partial charge in [0.1, 0.15) is 11.5 Å². The maximum Gasteiger partial charge on any atom is 0.123 e.